The van der Waals surface area contributed by atoms with E-state index >= 15 is 0 Å². The van der Waals surface area contributed by atoms with Crippen molar-refractivity contribution in [2.45, 2.75) is 25.7 Å². The van der Waals surface area contributed by atoms with Crippen LogP contribution in [0.2, 0.25) is 0 Å². The monoisotopic (exact) mass is 392 g/mol. The number of hydrogen-bond donors (Lipinski definition) is 0. The fraction of sp³-hybridized carbons (Fsp3) is 0.643. The molecule has 106 valence electrons. The van der Waals surface area contributed by atoms with E-state index in [0.717, 1.165) is 22.5 Å². The molecule has 0 aliphatic carbocycles. The van der Waals surface area contributed by atoms with Crippen LogP contribution in [0, 0.1) is 3.57 Å². The van der Waals surface area contributed by atoms with Crippen LogP contribution in [0.4, 0.5) is 0 Å². The molecule has 1 aromatic heterocycles. The van der Waals surface area contributed by atoms with Crippen molar-refractivity contribution in [1.29, 1.82) is 0 Å². The Kier molecular flexibility index (Phi) is 7.30. The fourth-order valence-electron chi connectivity index (χ4n) is 2.04. The standard InChI is InChI=1S/C14H21IN2OS/c15-13-5-6-14(16-11-13)18-9-4-2-1-3-7-17-8-10-19-12-17/h5-6,11H,1-4,7-10,12H2. The van der Waals surface area contributed by atoms with Crippen molar-refractivity contribution in [2.75, 3.05) is 31.3 Å². The molecule has 2 heterocycles. The average Bonchev–Trinajstić information content (AvgIpc) is 2.93. The lowest BCUT2D eigenvalue weighted by Crippen LogP contribution is -2.20. The van der Waals surface area contributed by atoms with Gasteiger partial charge in [0, 0.05) is 34.0 Å². The summed E-state index contributed by atoms with van der Waals surface area (Å²) in [5.74, 6) is 3.30. The third-order valence-corrected chi connectivity index (χ3v) is 4.80. The molecule has 3 nitrogen and oxygen atoms in total. The number of aromatic nitrogens is 1. The van der Waals surface area contributed by atoms with Crippen LogP contribution < -0.4 is 4.74 Å². The van der Waals surface area contributed by atoms with E-state index in [2.05, 4.69) is 44.2 Å². The van der Waals surface area contributed by atoms with Crippen LogP contribution in [0.25, 0.3) is 0 Å². The Morgan fingerprint density at radius 2 is 2.16 bits per heavy atom. The minimum Gasteiger partial charge on any atom is -0.478 e. The molecule has 0 aromatic carbocycles. The van der Waals surface area contributed by atoms with Crippen LogP contribution in [0.1, 0.15) is 25.7 Å². The Labute approximate surface area is 133 Å². The predicted molar refractivity (Wildman–Crippen MR) is 89.8 cm³/mol. The van der Waals surface area contributed by atoms with Crippen molar-refractivity contribution >= 4 is 34.4 Å². The van der Waals surface area contributed by atoms with E-state index in [1.807, 2.05) is 18.3 Å². The molecular weight excluding hydrogens is 371 g/mol. The maximum absolute atomic E-state index is 5.61. The first-order valence-electron chi connectivity index (χ1n) is 6.89. The molecule has 0 saturated carbocycles. The molecule has 0 N–H and O–H groups in total. The van der Waals surface area contributed by atoms with Crippen molar-refractivity contribution < 1.29 is 4.74 Å². The van der Waals surface area contributed by atoms with E-state index in [1.165, 1.54) is 44.0 Å². The Balaban J connectivity index is 1.44. The Morgan fingerprint density at radius 1 is 1.26 bits per heavy atom. The summed E-state index contributed by atoms with van der Waals surface area (Å²) >= 11 is 4.30. The number of unbranched alkanes of at least 4 members (excludes halogenated alkanes) is 3. The summed E-state index contributed by atoms with van der Waals surface area (Å²) in [6.45, 7) is 3.34. The average molecular weight is 392 g/mol. The molecular formula is C14H21IN2OS. The second kappa shape index (κ2) is 9.02. The summed E-state index contributed by atoms with van der Waals surface area (Å²) in [5, 5.41) is 0. The van der Waals surface area contributed by atoms with Gasteiger partial charge in [0.15, 0.2) is 0 Å². The van der Waals surface area contributed by atoms with Crippen molar-refractivity contribution in [2.24, 2.45) is 0 Å². The van der Waals surface area contributed by atoms with Gasteiger partial charge in [-0.05, 0) is 48.0 Å². The molecule has 1 aromatic rings. The number of halogens is 1. The molecule has 2 rings (SSSR count). The largest absolute Gasteiger partial charge is 0.478 e. The number of pyridine rings is 1. The van der Waals surface area contributed by atoms with Crippen molar-refractivity contribution in [1.82, 2.24) is 9.88 Å². The van der Waals surface area contributed by atoms with Crippen LogP contribution in [-0.4, -0.2) is 41.2 Å². The lowest BCUT2D eigenvalue weighted by atomic mass is 10.2. The van der Waals surface area contributed by atoms with Gasteiger partial charge in [0.2, 0.25) is 5.88 Å². The van der Waals surface area contributed by atoms with Gasteiger partial charge in [-0.2, -0.15) is 0 Å². The van der Waals surface area contributed by atoms with Crippen molar-refractivity contribution in [3.8, 4) is 5.88 Å². The van der Waals surface area contributed by atoms with E-state index in [0.29, 0.717) is 0 Å². The van der Waals surface area contributed by atoms with Crippen LogP contribution >= 0.6 is 34.4 Å². The molecule has 1 aliphatic rings. The summed E-state index contributed by atoms with van der Waals surface area (Å²) in [4.78, 5) is 6.78. The Hall–Kier alpha value is -0.0100. The van der Waals surface area contributed by atoms with Crippen LogP contribution in [-0.2, 0) is 0 Å². The number of thioether (sulfide) groups is 1. The summed E-state index contributed by atoms with van der Waals surface area (Å²) < 4.78 is 6.76. The third kappa shape index (κ3) is 6.31. The molecule has 5 heteroatoms. The maximum atomic E-state index is 5.61. The van der Waals surface area contributed by atoms with Gasteiger partial charge in [0.1, 0.15) is 0 Å². The first-order chi connectivity index (χ1) is 9.34. The van der Waals surface area contributed by atoms with Crippen molar-refractivity contribution in [3.05, 3.63) is 21.9 Å². The van der Waals surface area contributed by atoms with Gasteiger partial charge in [-0.3, -0.25) is 4.90 Å². The number of nitrogens with zero attached hydrogens (tertiary/aromatic N) is 2. The Bertz CT molecular complexity index is 355. The molecule has 1 fully saturated rings. The molecule has 0 bridgehead atoms. The van der Waals surface area contributed by atoms with Gasteiger partial charge in [0.05, 0.1) is 6.61 Å². The fourth-order valence-corrected chi connectivity index (χ4v) is 3.40. The second-order valence-corrected chi connectivity index (χ2v) is 7.05. The van der Waals surface area contributed by atoms with E-state index in [-0.39, 0.29) is 0 Å². The molecule has 1 aliphatic heterocycles. The van der Waals surface area contributed by atoms with Gasteiger partial charge in [-0.1, -0.05) is 12.8 Å². The van der Waals surface area contributed by atoms with Gasteiger partial charge in [-0.25, -0.2) is 4.98 Å². The minimum atomic E-state index is 0.745. The highest BCUT2D eigenvalue weighted by Crippen LogP contribution is 2.14. The normalized spacial score (nSPS) is 15.8. The third-order valence-electron chi connectivity index (χ3n) is 3.14. The predicted octanol–water partition coefficient (Wildman–Crippen LogP) is 3.63. The topological polar surface area (TPSA) is 25.4 Å². The van der Waals surface area contributed by atoms with Gasteiger partial charge < -0.3 is 4.74 Å². The van der Waals surface area contributed by atoms with E-state index in [4.69, 9.17) is 4.74 Å². The zero-order valence-corrected chi connectivity index (χ0v) is 14.2. The summed E-state index contributed by atoms with van der Waals surface area (Å²) in [5.41, 5.74) is 0. The van der Waals surface area contributed by atoms with Crippen LogP contribution in [0.15, 0.2) is 18.3 Å². The number of rotatable bonds is 8. The quantitative estimate of drug-likeness (QED) is 0.499. The first-order valence-corrected chi connectivity index (χ1v) is 9.12. The van der Waals surface area contributed by atoms with Crippen molar-refractivity contribution in [3.63, 3.8) is 0 Å². The highest BCUT2D eigenvalue weighted by molar-refractivity contribution is 14.1. The van der Waals surface area contributed by atoms with E-state index < -0.39 is 0 Å². The lowest BCUT2D eigenvalue weighted by molar-refractivity contribution is 0.289. The highest BCUT2D eigenvalue weighted by atomic mass is 127. The molecule has 0 spiro atoms. The SMILES string of the molecule is Ic1ccc(OCCCCCCN2CCSC2)nc1. The number of hydrogen-bond acceptors (Lipinski definition) is 4. The highest BCUT2D eigenvalue weighted by Gasteiger charge is 2.10. The van der Waals surface area contributed by atoms with Gasteiger partial charge >= 0.3 is 0 Å². The van der Waals surface area contributed by atoms with Crippen LogP contribution in [0.3, 0.4) is 0 Å². The zero-order valence-electron chi connectivity index (χ0n) is 11.2. The van der Waals surface area contributed by atoms with E-state index in [1.54, 1.807) is 0 Å². The summed E-state index contributed by atoms with van der Waals surface area (Å²) in [6, 6.07) is 3.96. The smallest absolute Gasteiger partial charge is 0.213 e. The molecule has 1 saturated heterocycles. The molecule has 0 amide bonds. The molecule has 0 unspecified atom stereocenters. The molecule has 19 heavy (non-hydrogen) atoms. The molecule has 0 atom stereocenters. The minimum absolute atomic E-state index is 0.745. The van der Waals surface area contributed by atoms with Gasteiger partial charge in [-0.15, -0.1) is 11.8 Å². The van der Waals surface area contributed by atoms with E-state index in [9.17, 15) is 0 Å². The maximum Gasteiger partial charge on any atom is 0.213 e. The zero-order chi connectivity index (χ0) is 13.3. The van der Waals surface area contributed by atoms with Crippen LogP contribution in [0.5, 0.6) is 5.88 Å². The summed E-state index contributed by atoms with van der Waals surface area (Å²) in [6.07, 6.45) is 6.85. The summed E-state index contributed by atoms with van der Waals surface area (Å²) in [7, 11) is 0. The first kappa shape index (κ1) is 15.4. The second-order valence-electron chi connectivity index (χ2n) is 4.73. The van der Waals surface area contributed by atoms with Gasteiger partial charge in [0.25, 0.3) is 0 Å². The lowest BCUT2D eigenvalue weighted by Gasteiger charge is -2.12. The Morgan fingerprint density at radius 3 is 2.89 bits per heavy atom. The molecule has 0 radical (unpaired) electrons. The number of ether oxygens (including phenoxy) is 1.